The maximum absolute atomic E-state index is 8.41. The van der Waals surface area contributed by atoms with Crippen molar-refractivity contribution in [2.24, 2.45) is 0 Å². The summed E-state index contributed by atoms with van der Waals surface area (Å²) in [5, 5.41) is 8.41. The van der Waals surface area contributed by atoms with Crippen LogP contribution >= 0.6 is 0 Å². The zero-order chi connectivity index (χ0) is 15.9. The molecule has 0 unspecified atom stereocenters. The third-order valence-electron chi connectivity index (χ3n) is 3.22. The zero-order valence-corrected chi connectivity index (χ0v) is 15.1. The van der Waals surface area contributed by atoms with Crippen molar-refractivity contribution in [1.29, 1.82) is 5.41 Å². The molecule has 1 N–H and O–H groups in total. The lowest BCUT2D eigenvalue weighted by molar-refractivity contribution is 0.510. The van der Waals surface area contributed by atoms with Crippen molar-refractivity contribution in [3.05, 3.63) is 41.5 Å². The molecule has 2 nitrogen and oxygen atoms in total. The molecule has 0 bridgehead atoms. The van der Waals surface area contributed by atoms with E-state index in [0.29, 0.717) is 0 Å². The van der Waals surface area contributed by atoms with Crippen molar-refractivity contribution >= 4 is 19.8 Å². The summed E-state index contributed by atoms with van der Waals surface area (Å²) in [6, 6.07) is 10.2. The summed E-state index contributed by atoms with van der Waals surface area (Å²) in [7, 11) is -1.71. The van der Waals surface area contributed by atoms with Crippen molar-refractivity contribution < 1.29 is 4.43 Å². The van der Waals surface area contributed by atoms with Crippen molar-refractivity contribution in [3.63, 3.8) is 0 Å². The summed E-state index contributed by atoms with van der Waals surface area (Å²) in [4.78, 5) is 0. The molecule has 116 valence electrons. The Kier molecular flexibility index (Phi) is 6.89. The first-order valence-electron chi connectivity index (χ1n) is 7.94. The van der Waals surface area contributed by atoms with Gasteiger partial charge < -0.3 is 9.84 Å². The van der Waals surface area contributed by atoms with Crippen molar-refractivity contribution in [3.8, 4) is 0 Å². The molecule has 0 fully saturated rings. The number of allylic oxidation sites excluding steroid dienone is 1. The van der Waals surface area contributed by atoms with E-state index in [0.717, 1.165) is 48.3 Å². The SMILES string of the molecule is CCCCC(=N)/C(CC)=C(\O[Si](C)(C)C)c1ccccc1. The van der Waals surface area contributed by atoms with Crippen LogP contribution in [0.4, 0.5) is 0 Å². The molecule has 0 spiro atoms. The van der Waals surface area contributed by atoms with E-state index in [9.17, 15) is 0 Å². The fraction of sp³-hybridized carbons (Fsp3) is 0.500. The van der Waals surface area contributed by atoms with Crippen molar-refractivity contribution in [2.45, 2.75) is 59.2 Å². The average Bonchev–Trinajstić information content (AvgIpc) is 2.44. The number of hydrogen-bond donors (Lipinski definition) is 1. The zero-order valence-electron chi connectivity index (χ0n) is 14.1. The van der Waals surface area contributed by atoms with E-state index in [1.807, 2.05) is 18.2 Å². The van der Waals surface area contributed by atoms with Gasteiger partial charge in [0, 0.05) is 16.8 Å². The third kappa shape index (κ3) is 5.88. The lowest BCUT2D eigenvalue weighted by Crippen LogP contribution is -2.25. The Morgan fingerprint density at radius 2 is 1.71 bits per heavy atom. The molecule has 0 aliphatic rings. The van der Waals surface area contributed by atoms with Gasteiger partial charge in [-0.3, -0.25) is 0 Å². The summed E-state index contributed by atoms with van der Waals surface area (Å²) in [5.41, 5.74) is 2.89. The van der Waals surface area contributed by atoms with E-state index in [4.69, 9.17) is 9.84 Å². The van der Waals surface area contributed by atoms with Gasteiger partial charge in [0.1, 0.15) is 5.76 Å². The molecular weight excluding hydrogens is 274 g/mol. The summed E-state index contributed by atoms with van der Waals surface area (Å²) < 4.78 is 6.36. The van der Waals surface area contributed by atoms with Crippen LogP contribution in [0.2, 0.25) is 19.6 Å². The van der Waals surface area contributed by atoms with Gasteiger partial charge in [-0.1, -0.05) is 50.6 Å². The van der Waals surface area contributed by atoms with Gasteiger partial charge in [0.05, 0.1) is 0 Å². The summed E-state index contributed by atoms with van der Waals surface area (Å²) in [6.07, 6.45) is 3.87. The molecular formula is C18H29NOSi. The molecule has 0 saturated carbocycles. The van der Waals surface area contributed by atoms with Crippen molar-refractivity contribution in [1.82, 2.24) is 0 Å². The fourth-order valence-corrected chi connectivity index (χ4v) is 3.06. The van der Waals surface area contributed by atoms with Crippen LogP contribution in [-0.2, 0) is 4.43 Å². The lowest BCUT2D eigenvalue weighted by atomic mass is 9.98. The van der Waals surface area contributed by atoms with E-state index >= 15 is 0 Å². The monoisotopic (exact) mass is 303 g/mol. The van der Waals surface area contributed by atoms with Crippen LogP contribution in [0.5, 0.6) is 0 Å². The second-order valence-corrected chi connectivity index (χ2v) is 10.8. The standard InChI is InChI=1S/C18H29NOSi/c1-6-8-14-17(19)16(7-2)18(20-21(3,4)5)15-12-10-9-11-13-15/h9-13,19H,6-8,14H2,1-5H3/b18-16-,19-17?. The predicted molar refractivity (Wildman–Crippen MR) is 95.3 cm³/mol. The minimum atomic E-state index is -1.71. The van der Waals surface area contributed by atoms with Crippen LogP contribution in [0.15, 0.2) is 35.9 Å². The minimum absolute atomic E-state index is 0.733. The van der Waals surface area contributed by atoms with Gasteiger partial charge in [0.25, 0.3) is 0 Å². The molecule has 0 atom stereocenters. The number of benzene rings is 1. The molecule has 0 aliphatic heterocycles. The molecule has 3 heteroatoms. The highest BCUT2D eigenvalue weighted by atomic mass is 28.4. The topological polar surface area (TPSA) is 33.1 Å². The maximum atomic E-state index is 8.41. The highest BCUT2D eigenvalue weighted by Crippen LogP contribution is 2.27. The van der Waals surface area contributed by atoms with Crippen LogP contribution < -0.4 is 0 Å². The summed E-state index contributed by atoms with van der Waals surface area (Å²) in [5.74, 6) is 0.929. The first-order chi connectivity index (χ1) is 9.89. The van der Waals surface area contributed by atoms with Gasteiger partial charge in [-0.25, -0.2) is 0 Å². The average molecular weight is 304 g/mol. The molecule has 0 heterocycles. The highest BCUT2D eigenvalue weighted by molar-refractivity contribution is 6.70. The highest BCUT2D eigenvalue weighted by Gasteiger charge is 2.22. The molecule has 21 heavy (non-hydrogen) atoms. The first-order valence-corrected chi connectivity index (χ1v) is 11.3. The van der Waals surface area contributed by atoms with E-state index in [2.05, 4.69) is 45.6 Å². The normalized spacial score (nSPS) is 12.8. The Hall–Kier alpha value is -1.35. The second-order valence-electron chi connectivity index (χ2n) is 6.32. The van der Waals surface area contributed by atoms with Crippen LogP contribution in [0.25, 0.3) is 5.76 Å². The second kappa shape index (κ2) is 8.18. The van der Waals surface area contributed by atoms with Crippen LogP contribution in [0.1, 0.15) is 45.1 Å². The predicted octanol–water partition coefficient (Wildman–Crippen LogP) is 5.87. The van der Waals surface area contributed by atoms with E-state index in [-0.39, 0.29) is 0 Å². The van der Waals surface area contributed by atoms with Gasteiger partial charge in [-0.05, 0) is 38.9 Å². The quantitative estimate of drug-likeness (QED) is 0.363. The largest absolute Gasteiger partial charge is 0.544 e. The lowest BCUT2D eigenvalue weighted by Gasteiger charge is -2.25. The van der Waals surface area contributed by atoms with Crippen LogP contribution in [0.3, 0.4) is 0 Å². The Bertz CT molecular complexity index is 486. The molecule has 0 aromatic heterocycles. The van der Waals surface area contributed by atoms with Crippen LogP contribution in [0, 0.1) is 5.41 Å². The van der Waals surface area contributed by atoms with E-state index in [1.165, 1.54) is 0 Å². The molecule has 0 saturated heterocycles. The minimum Gasteiger partial charge on any atom is -0.544 e. The Balaban J connectivity index is 3.24. The van der Waals surface area contributed by atoms with Crippen molar-refractivity contribution in [2.75, 3.05) is 0 Å². The summed E-state index contributed by atoms with van der Waals surface area (Å²) in [6.45, 7) is 10.9. The Morgan fingerprint density at radius 3 is 2.19 bits per heavy atom. The number of nitrogens with one attached hydrogen (secondary N) is 1. The van der Waals surface area contributed by atoms with E-state index < -0.39 is 8.32 Å². The van der Waals surface area contributed by atoms with Crippen LogP contribution in [-0.4, -0.2) is 14.0 Å². The van der Waals surface area contributed by atoms with Gasteiger partial charge in [-0.15, -0.1) is 0 Å². The fourth-order valence-electron chi connectivity index (χ4n) is 2.21. The van der Waals surface area contributed by atoms with E-state index in [1.54, 1.807) is 0 Å². The van der Waals surface area contributed by atoms with Gasteiger partial charge in [0.2, 0.25) is 8.32 Å². The third-order valence-corrected chi connectivity index (χ3v) is 4.03. The number of rotatable bonds is 8. The molecule has 1 aromatic carbocycles. The van der Waals surface area contributed by atoms with Gasteiger partial charge in [0.15, 0.2) is 0 Å². The van der Waals surface area contributed by atoms with Gasteiger partial charge in [-0.2, -0.15) is 0 Å². The number of hydrogen-bond acceptors (Lipinski definition) is 2. The molecule has 0 radical (unpaired) electrons. The summed E-state index contributed by atoms with van der Waals surface area (Å²) >= 11 is 0. The molecule has 1 rings (SSSR count). The Labute approximate surface area is 130 Å². The molecule has 0 amide bonds. The smallest absolute Gasteiger partial charge is 0.242 e. The maximum Gasteiger partial charge on any atom is 0.242 e. The first kappa shape index (κ1) is 17.7. The van der Waals surface area contributed by atoms with Gasteiger partial charge >= 0.3 is 0 Å². The number of unbranched alkanes of at least 4 members (excludes halogenated alkanes) is 1. The molecule has 1 aromatic rings. The molecule has 0 aliphatic carbocycles. The Morgan fingerprint density at radius 1 is 1.10 bits per heavy atom.